The predicted octanol–water partition coefficient (Wildman–Crippen LogP) is 2.90. The molecule has 2 aromatic rings. The number of rotatable bonds is 5. The third-order valence-corrected chi connectivity index (χ3v) is 3.07. The number of aliphatic hydroxyl groups is 1. The SMILES string of the molecule is CN(C)c1ccc(NCC(O)c2ccccc2)cc1. The van der Waals surface area contributed by atoms with Crippen molar-refractivity contribution < 1.29 is 5.11 Å². The largest absolute Gasteiger partial charge is 0.387 e. The molecule has 0 fully saturated rings. The molecule has 0 spiro atoms. The fourth-order valence-corrected chi connectivity index (χ4v) is 1.88. The zero-order chi connectivity index (χ0) is 13.7. The number of benzene rings is 2. The Bertz CT molecular complexity index is 494. The van der Waals surface area contributed by atoms with Crippen LogP contribution in [-0.4, -0.2) is 25.7 Å². The Morgan fingerprint density at radius 2 is 1.63 bits per heavy atom. The lowest BCUT2D eigenvalue weighted by molar-refractivity contribution is 0.191. The molecule has 2 aromatic carbocycles. The molecule has 2 rings (SSSR count). The fourth-order valence-electron chi connectivity index (χ4n) is 1.88. The molecule has 0 saturated heterocycles. The van der Waals surface area contributed by atoms with Crippen molar-refractivity contribution in [2.24, 2.45) is 0 Å². The van der Waals surface area contributed by atoms with Crippen LogP contribution >= 0.6 is 0 Å². The molecule has 1 unspecified atom stereocenters. The average Bonchev–Trinajstić information content (AvgIpc) is 2.46. The monoisotopic (exact) mass is 256 g/mol. The highest BCUT2D eigenvalue weighted by Gasteiger charge is 2.06. The van der Waals surface area contributed by atoms with Crippen LogP contribution in [0.15, 0.2) is 54.6 Å². The summed E-state index contributed by atoms with van der Waals surface area (Å²) in [6.07, 6.45) is -0.491. The van der Waals surface area contributed by atoms with E-state index in [-0.39, 0.29) is 0 Å². The average molecular weight is 256 g/mol. The lowest BCUT2D eigenvalue weighted by Crippen LogP contribution is -2.12. The third-order valence-electron chi connectivity index (χ3n) is 3.07. The van der Waals surface area contributed by atoms with Crippen LogP contribution in [0.2, 0.25) is 0 Å². The summed E-state index contributed by atoms with van der Waals surface area (Å²) in [7, 11) is 4.03. The molecule has 0 aliphatic carbocycles. The number of hydrogen-bond donors (Lipinski definition) is 2. The van der Waals surface area contributed by atoms with Gasteiger partial charge in [-0.1, -0.05) is 30.3 Å². The van der Waals surface area contributed by atoms with Gasteiger partial charge in [0.05, 0.1) is 6.10 Å². The normalized spacial score (nSPS) is 11.9. The zero-order valence-corrected chi connectivity index (χ0v) is 11.4. The summed E-state index contributed by atoms with van der Waals surface area (Å²) < 4.78 is 0. The van der Waals surface area contributed by atoms with Gasteiger partial charge >= 0.3 is 0 Å². The second-order valence-electron chi connectivity index (χ2n) is 4.75. The predicted molar refractivity (Wildman–Crippen MR) is 80.7 cm³/mol. The van der Waals surface area contributed by atoms with Gasteiger partial charge in [0.25, 0.3) is 0 Å². The van der Waals surface area contributed by atoms with Crippen LogP contribution in [0.4, 0.5) is 11.4 Å². The maximum absolute atomic E-state index is 10.1. The molecule has 0 amide bonds. The van der Waals surface area contributed by atoms with E-state index in [1.54, 1.807) is 0 Å². The maximum Gasteiger partial charge on any atom is 0.0962 e. The molecule has 0 aromatic heterocycles. The second kappa shape index (κ2) is 6.25. The molecule has 1 atom stereocenters. The summed E-state index contributed by atoms with van der Waals surface area (Å²) in [6, 6.07) is 17.8. The molecule has 0 heterocycles. The Morgan fingerprint density at radius 1 is 1.00 bits per heavy atom. The number of nitrogens with one attached hydrogen (secondary N) is 1. The van der Waals surface area contributed by atoms with E-state index in [9.17, 15) is 5.11 Å². The van der Waals surface area contributed by atoms with Crippen LogP contribution in [0.1, 0.15) is 11.7 Å². The van der Waals surface area contributed by atoms with Gasteiger partial charge in [-0.15, -0.1) is 0 Å². The summed E-state index contributed by atoms with van der Waals surface area (Å²) in [4.78, 5) is 2.06. The molecule has 0 radical (unpaired) electrons. The highest BCUT2D eigenvalue weighted by Crippen LogP contribution is 2.17. The van der Waals surface area contributed by atoms with Crippen molar-refractivity contribution in [2.75, 3.05) is 30.9 Å². The highest BCUT2D eigenvalue weighted by molar-refractivity contribution is 5.54. The molecule has 0 saturated carbocycles. The summed E-state index contributed by atoms with van der Waals surface area (Å²) in [5.41, 5.74) is 3.11. The van der Waals surface area contributed by atoms with E-state index in [0.29, 0.717) is 6.54 Å². The Kier molecular flexibility index (Phi) is 4.42. The number of nitrogens with zero attached hydrogens (tertiary/aromatic N) is 1. The third kappa shape index (κ3) is 3.73. The minimum absolute atomic E-state index is 0.491. The smallest absolute Gasteiger partial charge is 0.0962 e. The highest BCUT2D eigenvalue weighted by atomic mass is 16.3. The molecule has 2 N–H and O–H groups in total. The van der Waals surface area contributed by atoms with Crippen molar-refractivity contribution in [1.82, 2.24) is 0 Å². The van der Waals surface area contributed by atoms with Gasteiger partial charge in [-0.25, -0.2) is 0 Å². The van der Waals surface area contributed by atoms with Gasteiger partial charge in [0.2, 0.25) is 0 Å². The molecular formula is C16H20N2O. The van der Waals surface area contributed by atoms with E-state index < -0.39 is 6.10 Å². The van der Waals surface area contributed by atoms with Gasteiger partial charge < -0.3 is 15.3 Å². The minimum atomic E-state index is -0.491. The van der Waals surface area contributed by atoms with Gasteiger partial charge in [-0.3, -0.25) is 0 Å². The zero-order valence-electron chi connectivity index (χ0n) is 11.4. The number of aliphatic hydroxyl groups excluding tert-OH is 1. The first-order valence-electron chi connectivity index (χ1n) is 6.41. The summed E-state index contributed by atoms with van der Waals surface area (Å²) in [5, 5.41) is 13.3. The van der Waals surface area contributed by atoms with Crippen molar-refractivity contribution in [2.45, 2.75) is 6.10 Å². The van der Waals surface area contributed by atoms with Gasteiger partial charge in [-0.2, -0.15) is 0 Å². The quantitative estimate of drug-likeness (QED) is 0.863. The van der Waals surface area contributed by atoms with Crippen molar-refractivity contribution in [1.29, 1.82) is 0 Å². The van der Waals surface area contributed by atoms with Gasteiger partial charge in [0, 0.05) is 32.0 Å². The molecule has 3 heteroatoms. The second-order valence-corrected chi connectivity index (χ2v) is 4.75. The first kappa shape index (κ1) is 13.4. The van der Waals surface area contributed by atoms with Crippen LogP contribution in [0.25, 0.3) is 0 Å². The lowest BCUT2D eigenvalue weighted by Gasteiger charge is -2.15. The summed E-state index contributed by atoms with van der Waals surface area (Å²) in [6.45, 7) is 0.505. The molecule has 0 aliphatic heterocycles. The van der Waals surface area contributed by atoms with E-state index >= 15 is 0 Å². The summed E-state index contributed by atoms with van der Waals surface area (Å²) >= 11 is 0. The van der Waals surface area contributed by atoms with Crippen molar-refractivity contribution in [3.63, 3.8) is 0 Å². The molecular weight excluding hydrogens is 236 g/mol. The van der Waals surface area contributed by atoms with E-state index in [1.165, 1.54) is 0 Å². The van der Waals surface area contributed by atoms with Crippen LogP contribution in [0.3, 0.4) is 0 Å². The van der Waals surface area contributed by atoms with E-state index in [4.69, 9.17) is 0 Å². The molecule has 19 heavy (non-hydrogen) atoms. The fraction of sp³-hybridized carbons (Fsp3) is 0.250. The van der Waals surface area contributed by atoms with E-state index in [0.717, 1.165) is 16.9 Å². The van der Waals surface area contributed by atoms with Crippen molar-refractivity contribution >= 4 is 11.4 Å². The number of anilines is 2. The van der Waals surface area contributed by atoms with Crippen molar-refractivity contribution in [3.8, 4) is 0 Å². The molecule has 0 aliphatic rings. The van der Waals surface area contributed by atoms with Crippen LogP contribution in [0.5, 0.6) is 0 Å². The number of hydrogen-bond acceptors (Lipinski definition) is 3. The van der Waals surface area contributed by atoms with E-state index in [2.05, 4.69) is 22.3 Å². The Balaban J connectivity index is 1.92. The molecule has 0 bridgehead atoms. The first-order chi connectivity index (χ1) is 9.16. The van der Waals surface area contributed by atoms with E-state index in [1.807, 2.05) is 56.6 Å². The Hall–Kier alpha value is -2.00. The van der Waals surface area contributed by atoms with Crippen LogP contribution in [0, 0.1) is 0 Å². The Morgan fingerprint density at radius 3 is 2.21 bits per heavy atom. The first-order valence-corrected chi connectivity index (χ1v) is 6.41. The molecule has 100 valence electrons. The Labute approximate surface area is 114 Å². The van der Waals surface area contributed by atoms with Gasteiger partial charge in [-0.05, 0) is 29.8 Å². The maximum atomic E-state index is 10.1. The standard InChI is InChI=1S/C16H20N2O/c1-18(2)15-10-8-14(9-11-15)17-12-16(19)13-6-4-3-5-7-13/h3-11,16-17,19H,12H2,1-2H3. The molecule has 3 nitrogen and oxygen atoms in total. The van der Waals surface area contributed by atoms with Crippen LogP contribution < -0.4 is 10.2 Å². The minimum Gasteiger partial charge on any atom is -0.387 e. The summed E-state index contributed by atoms with van der Waals surface area (Å²) in [5.74, 6) is 0. The topological polar surface area (TPSA) is 35.5 Å². The van der Waals surface area contributed by atoms with Gasteiger partial charge in [0.1, 0.15) is 0 Å². The van der Waals surface area contributed by atoms with Gasteiger partial charge in [0.15, 0.2) is 0 Å². The lowest BCUT2D eigenvalue weighted by atomic mass is 10.1. The van der Waals surface area contributed by atoms with Crippen molar-refractivity contribution in [3.05, 3.63) is 60.2 Å². The van der Waals surface area contributed by atoms with Crippen LogP contribution in [-0.2, 0) is 0 Å².